The van der Waals surface area contributed by atoms with Crippen molar-refractivity contribution >= 4 is 0 Å². The van der Waals surface area contributed by atoms with Crippen LogP contribution in [0.4, 0.5) is 4.39 Å². The number of rotatable bonds is 3. The van der Waals surface area contributed by atoms with Gasteiger partial charge in [0.25, 0.3) is 0 Å². The van der Waals surface area contributed by atoms with E-state index in [0.717, 1.165) is 6.08 Å². The van der Waals surface area contributed by atoms with E-state index in [1.807, 2.05) is 0 Å². The summed E-state index contributed by atoms with van der Waals surface area (Å²) < 4.78 is 12.2. The predicted molar refractivity (Wildman–Crippen MR) is 33.3 cm³/mol. The first-order valence-electron chi connectivity index (χ1n) is 2.37. The van der Waals surface area contributed by atoms with E-state index in [9.17, 15) is 4.39 Å². The molecule has 2 heteroatoms. The molecule has 0 aliphatic heterocycles. The number of nitrogens with two attached hydrogens (primary N) is 1. The van der Waals surface area contributed by atoms with Crippen LogP contribution in [-0.2, 0) is 0 Å². The number of hydrogen-bond acceptors (Lipinski definition) is 1. The highest BCUT2D eigenvalue weighted by atomic mass is 19.1. The SMILES string of the molecule is C=CC(N)C(F)C=C. The Morgan fingerprint density at radius 1 is 1.38 bits per heavy atom. The minimum atomic E-state index is -1.16. The summed E-state index contributed by atoms with van der Waals surface area (Å²) in [6.45, 7) is 6.54. The molecule has 0 fully saturated rings. The van der Waals surface area contributed by atoms with E-state index in [-0.39, 0.29) is 0 Å². The summed E-state index contributed by atoms with van der Waals surface area (Å²) in [6, 6.07) is -0.604. The van der Waals surface area contributed by atoms with Crippen LogP contribution in [0.1, 0.15) is 0 Å². The van der Waals surface area contributed by atoms with Gasteiger partial charge >= 0.3 is 0 Å². The zero-order valence-electron chi connectivity index (χ0n) is 4.68. The quantitative estimate of drug-likeness (QED) is 0.546. The first-order valence-corrected chi connectivity index (χ1v) is 2.37. The highest BCUT2D eigenvalue weighted by Gasteiger charge is 2.06. The standard InChI is InChI=1S/C6H10FN/c1-3-5(7)6(8)4-2/h3-6H,1-2,8H2. The van der Waals surface area contributed by atoms with E-state index in [1.165, 1.54) is 6.08 Å². The fourth-order valence-corrected chi connectivity index (χ4v) is 0.287. The Morgan fingerprint density at radius 3 is 2.00 bits per heavy atom. The molecule has 0 aliphatic rings. The smallest absolute Gasteiger partial charge is 0.137 e. The molecular formula is C6H10FN. The van der Waals surface area contributed by atoms with Crippen LogP contribution in [-0.4, -0.2) is 12.2 Å². The van der Waals surface area contributed by atoms with E-state index in [1.54, 1.807) is 0 Å². The second kappa shape index (κ2) is 3.38. The molecule has 0 saturated carbocycles. The lowest BCUT2D eigenvalue weighted by molar-refractivity contribution is 0.372. The maximum Gasteiger partial charge on any atom is 0.137 e. The minimum absolute atomic E-state index is 0.604. The lowest BCUT2D eigenvalue weighted by atomic mass is 10.2. The molecule has 2 atom stereocenters. The van der Waals surface area contributed by atoms with Crippen molar-refractivity contribution in [3.8, 4) is 0 Å². The summed E-state index contributed by atoms with van der Waals surface area (Å²) in [5.41, 5.74) is 5.16. The fraction of sp³-hybridized carbons (Fsp3) is 0.333. The van der Waals surface area contributed by atoms with Crippen LogP contribution in [0.3, 0.4) is 0 Å². The van der Waals surface area contributed by atoms with Crippen LogP contribution in [0.25, 0.3) is 0 Å². The van der Waals surface area contributed by atoms with Crippen LogP contribution in [0.5, 0.6) is 0 Å². The van der Waals surface area contributed by atoms with E-state index in [0.29, 0.717) is 0 Å². The summed E-state index contributed by atoms with van der Waals surface area (Å²) in [4.78, 5) is 0. The average Bonchev–Trinajstić information content (AvgIpc) is 1.84. The summed E-state index contributed by atoms with van der Waals surface area (Å²) in [6.07, 6.45) is 1.35. The van der Waals surface area contributed by atoms with Crippen LogP contribution >= 0.6 is 0 Å². The third kappa shape index (κ3) is 1.89. The second-order valence-electron chi connectivity index (χ2n) is 1.49. The van der Waals surface area contributed by atoms with Crippen molar-refractivity contribution in [1.82, 2.24) is 0 Å². The molecule has 0 aliphatic carbocycles. The lowest BCUT2D eigenvalue weighted by Gasteiger charge is -2.05. The van der Waals surface area contributed by atoms with Gasteiger partial charge in [-0.15, -0.1) is 13.2 Å². The Morgan fingerprint density at radius 2 is 1.88 bits per heavy atom. The molecule has 8 heavy (non-hydrogen) atoms. The molecule has 0 radical (unpaired) electrons. The summed E-state index contributed by atoms with van der Waals surface area (Å²) in [7, 11) is 0. The summed E-state index contributed by atoms with van der Waals surface area (Å²) in [5, 5.41) is 0. The van der Waals surface area contributed by atoms with Gasteiger partial charge in [0, 0.05) is 0 Å². The van der Waals surface area contributed by atoms with Gasteiger partial charge in [-0.25, -0.2) is 4.39 Å². The van der Waals surface area contributed by atoms with Crippen LogP contribution < -0.4 is 5.73 Å². The first-order chi connectivity index (χ1) is 3.72. The Balaban J connectivity index is 3.60. The third-order valence-corrected chi connectivity index (χ3v) is 0.865. The summed E-state index contributed by atoms with van der Waals surface area (Å²) in [5.74, 6) is 0. The molecule has 2 N–H and O–H groups in total. The average molecular weight is 115 g/mol. The van der Waals surface area contributed by atoms with Gasteiger partial charge in [0.05, 0.1) is 6.04 Å². The molecule has 46 valence electrons. The van der Waals surface area contributed by atoms with Gasteiger partial charge in [0.2, 0.25) is 0 Å². The third-order valence-electron chi connectivity index (χ3n) is 0.865. The van der Waals surface area contributed by atoms with Gasteiger partial charge in [-0.2, -0.15) is 0 Å². The molecule has 0 saturated heterocycles. The Hall–Kier alpha value is -0.630. The zero-order chi connectivity index (χ0) is 6.57. The second-order valence-corrected chi connectivity index (χ2v) is 1.49. The highest BCUT2D eigenvalue weighted by molar-refractivity contribution is 4.96. The molecule has 0 heterocycles. The Kier molecular flexibility index (Phi) is 3.12. The van der Waals surface area contributed by atoms with Crippen molar-refractivity contribution in [3.63, 3.8) is 0 Å². The number of alkyl halides is 1. The van der Waals surface area contributed by atoms with Crippen molar-refractivity contribution in [2.24, 2.45) is 5.73 Å². The van der Waals surface area contributed by atoms with Crippen LogP contribution in [0.15, 0.2) is 25.3 Å². The van der Waals surface area contributed by atoms with Gasteiger partial charge in [0.1, 0.15) is 6.17 Å². The van der Waals surface area contributed by atoms with Crippen LogP contribution in [0, 0.1) is 0 Å². The monoisotopic (exact) mass is 115 g/mol. The van der Waals surface area contributed by atoms with Crippen LogP contribution in [0.2, 0.25) is 0 Å². The van der Waals surface area contributed by atoms with Crippen molar-refractivity contribution in [2.45, 2.75) is 12.2 Å². The van der Waals surface area contributed by atoms with Crippen molar-refractivity contribution in [1.29, 1.82) is 0 Å². The normalized spacial score (nSPS) is 16.8. The first kappa shape index (κ1) is 7.37. The van der Waals surface area contributed by atoms with Gasteiger partial charge in [-0.3, -0.25) is 0 Å². The molecule has 0 amide bonds. The number of hydrogen-bond donors (Lipinski definition) is 1. The summed E-state index contributed by atoms with van der Waals surface area (Å²) >= 11 is 0. The molecular weight excluding hydrogens is 105 g/mol. The van der Waals surface area contributed by atoms with E-state index in [4.69, 9.17) is 5.73 Å². The topological polar surface area (TPSA) is 26.0 Å². The van der Waals surface area contributed by atoms with Crippen molar-refractivity contribution in [3.05, 3.63) is 25.3 Å². The lowest BCUT2D eigenvalue weighted by Crippen LogP contribution is -2.27. The molecule has 0 bridgehead atoms. The van der Waals surface area contributed by atoms with Gasteiger partial charge in [-0.05, 0) is 0 Å². The van der Waals surface area contributed by atoms with E-state index < -0.39 is 12.2 Å². The molecule has 1 nitrogen and oxygen atoms in total. The molecule has 0 aromatic heterocycles. The van der Waals surface area contributed by atoms with Gasteiger partial charge < -0.3 is 5.73 Å². The minimum Gasteiger partial charge on any atom is -0.322 e. The largest absolute Gasteiger partial charge is 0.322 e. The van der Waals surface area contributed by atoms with Crippen molar-refractivity contribution < 1.29 is 4.39 Å². The van der Waals surface area contributed by atoms with E-state index in [2.05, 4.69) is 13.2 Å². The molecule has 0 spiro atoms. The zero-order valence-corrected chi connectivity index (χ0v) is 4.68. The van der Waals surface area contributed by atoms with Gasteiger partial charge in [0.15, 0.2) is 0 Å². The fourth-order valence-electron chi connectivity index (χ4n) is 0.287. The Labute approximate surface area is 48.7 Å². The molecule has 0 aromatic rings. The molecule has 0 aromatic carbocycles. The molecule has 2 unspecified atom stereocenters. The van der Waals surface area contributed by atoms with E-state index >= 15 is 0 Å². The Bertz CT molecular complexity index is 78.5. The highest BCUT2D eigenvalue weighted by Crippen LogP contribution is 1.96. The molecule has 0 rings (SSSR count). The predicted octanol–water partition coefficient (Wildman–Crippen LogP) is 1.02. The van der Waals surface area contributed by atoms with Gasteiger partial charge in [-0.1, -0.05) is 12.2 Å². The maximum absolute atomic E-state index is 12.2. The maximum atomic E-state index is 12.2. The number of halogens is 1. The van der Waals surface area contributed by atoms with Crippen molar-refractivity contribution in [2.75, 3.05) is 0 Å².